The molecule has 2 atom stereocenters. The number of benzene rings is 1. The van der Waals surface area contributed by atoms with E-state index in [4.69, 9.17) is 0 Å². The zero-order chi connectivity index (χ0) is 15.7. The standard InChI is InChI=1S/C16H25N3O2S.ClH/c1-18(2)12-13-3-7-16(8-4-13)22(20,21)19-14-5-6-15(19)11-17-10-9-14;/h3-4,7-8,14-15,17H,5-6,9-12H2,1-2H3;1H. The van der Waals surface area contributed by atoms with Crippen molar-refractivity contribution < 1.29 is 8.42 Å². The molecule has 2 saturated heterocycles. The molecule has 0 saturated carbocycles. The summed E-state index contributed by atoms with van der Waals surface area (Å²) in [7, 11) is 0.626. The van der Waals surface area contributed by atoms with E-state index in [0.717, 1.165) is 44.5 Å². The summed E-state index contributed by atoms with van der Waals surface area (Å²) < 4.78 is 27.8. The molecule has 2 heterocycles. The first kappa shape index (κ1) is 18.7. The molecule has 1 aromatic carbocycles. The average Bonchev–Trinajstić information content (AvgIpc) is 2.72. The Morgan fingerprint density at radius 1 is 1.13 bits per heavy atom. The van der Waals surface area contributed by atoms with Gasteiger partial charge in [0, 0.05) is 25.2 Å². The van der Waals surface area contributed by atoms with Gasteiger partial charge in [0.1, 0.15) is 0 Å². The first-order chi connectivity index (χ1) is 10.5. The Bertz CT molecular complexity index is 605. The van der Waals surface area contributed by atoms with Crippen molar-refractivity contribution in [1.29, 1.82) is 0 Å². The van der Waals surface area contributed by atoms with Gasteiger partial charge < -0.3 is 10.2 Å². The van der Waals surface area contributed by atoms with E-state index in [2.05, 4.69) is 10.2 Å². The van der Waals surface area contributed by atoms with Gasteiger partial charge >= 0.3 is 0 Å². The van der Waals surface area contributed by atoms with Crippen molar-refractivity contribution >= 4 is 22.4 Å². The molecule has 7 heteroatoms. The Morgan fingerprint density at radius 2 is 1.78 bits per heavy atom. The van der Waals surface area contributed by atoms with Crippen LogP contribution in [-0.2, 0) is 16.6 Å². The van der Waals surface area contributed by atoms with Crippen LogP contribution in [0.15, 0.2) is 29.2 Å². The highest BCUT2D eigenvalue weighted by molar-refractivity contribution is 7.89. The van der Waals surface area contributed by atoms with Crippen molar-refractivity contribution in [3.63, 3.8) is 0 Å². The summed E-state index contributed by atoms with van der Waals surface area (Å²) in [6.45, 7) is 2.50. The van der Waals surface area contributed by atoms with Gasteiger partial charge in [0.25, 0.3) is 0 Å². The summed E-state index contributed by atoms with van der Waals surface area (Å²) in [5.41, 5.74) is 1.13. The lowest BCUT2D eigenvalue weighted by Crippen LogP contribution is -2.42. The van der Waals surface area contributed by atoms with Gasteiger partial charge in [0.2, 0.25) is 10.0 Å². The minimum absolute atomic E-state index is 0. The van der Waals surface area contributed by atoms with E-state index in [9.17, 15) is 8.42 Å². The predicted octanol–water partition coefficient (Wildman–Crippen LogP) is 1.69. The summed E-state index contributed by atoms with van der Waals surface area (Å²) in [6, 6.07) is 7.62. The fourth-order valence-electron chi connectivity index (χ4n) is 3.58. The maximum Gasteiger partial charge on any atom is 0.243 e. The number of nitrogens with one attached hydrogen (secondary N) is 1. The van der Waals surface area contributed by atoms with Crippen LogP contribution in [0.4, 0.5) is 0 Å². The van der Waals surface area contributed by atoms with Crippen molar-refractivity contribution in [3.05, 3.63) is 29.8 Å². The van der Waals surface area contributed by atoms with Crippen molar-refractivity contribution in [2.75, 3.05) is 27.2 Å². The van der Waals surface area contributed by atoms with Crippen LogP contribution in [0.3, 0.4) is 0 Å². The van der Waals surface area contributed by atoms with Crippen molar-refractivity contribution in [2.24, 2.45) is 0 Å². The fraction of sp³-hybridized carbons (Fsp3) is 0.625. The SMILES string of the molecule is CN(C)Cc1ccc(S(=O)(=O)N2C3CCNCC2CC3)cc1.Cl. The molecule has 2 aliphatic rings. The van der Waals surface area contributed by atoms with Gasteiger partial charge in [0.05, 0.1) is 4.90 Å². The zero-order valence-corrected chi connectivity index (χ0v) is 15.4. The molecule has 130 valence electrons. The third kappa shape index (κ3) is 3.88. The molecule has 0 aliphatic carbocycles. The van der Waals surface area contributed by atoms with Crippen LogP contribution < -0.4 is 5.32 Å². The zero-order valence-electron chi connectivity index (χ0n) is 13.7. The lowest BCUT2D eigenvalue weighted by molar-refractivity contribution is 0.334. The van der Waals surface area contributed by atoms with Gasteiger partial charge in [-0.3, -0.25) is 0 Å². The molecular weight excluding hydrogens is 334 g/mol. The molecule has 5 nitrogen and oxygen atoms in total. The van der Waals surface area contributed by atoms with Crippen LogP contribution in [0, 0.1) is 0 Å². The van der Waals surface area contributed by atoms with E-state index in [1.807, 2.05) is 26.2 Å². The fourth-order valence-corrected chi connectivity index (χ4v) is 5.48. The second-order valence-corrected chi connectivity index (χ2v) is 8.44. The number of fused-ring (bicyclic) bond motifs is 2. The number of hydrogen-bond acceptors (Lipinski definition) is 4. The molecule has 1 aromatic rings. The van der Waals surface area contributed by atoms with Crippen LogP contribution in [0.5, 0.6) is 0 Å². The number of nitrogens with zero attached hydrogens (tertiary/aromatic N) is 2. The normalized spacial score (nSPS) is 25.2. The molecule has 1 N–H and O–H groups in total. The molecule has 2 bridgehead atoms. The molecule has 2 aliphatic heterocycles. The minimum atomic E-state index is -3.39. The quantitative estimate of drug-likeness (QED) is 0.888. The van der Waals surface area contributed by atoms with Crippen LogP contribution in [0.2, 0.25) is 0 Å². The third-order valence-corrected chi connectivity index (χ3v) is 6.60. The first-order valence-corrected chi connectivity index (χ1v) is 9.40. The summed E-state index contributed by atoms with van der Waals surface area (Å²) >= 11 is 0. The van der Waals surface area contributed by atoms with Gasteiger partial charge in [-0.25, -0.2) is 8.42 Å². The Hall–Kier alpha value is -0.660. The Kier molecular flexibility index (Phi) is 6.08. The van der Waals surface area contributed by atoms with E-state index < -0.39 is 10.0 Å². The molecular formula is C16H26ClN3O2S. The molecule has 0 amide bonds. The smallest absolute Gasteiger partial charge is 0.243 e. The van der Waals surface area contributed by atoms with Gasteiger partial charge in [-0.15, -0.1) is 12.4 Å². The Morgan fingerprint density at radius 3 is 2.43 bits per heavy atom. The summed E-state index contributed by atoms with van der Waals surface area (Å²) in [4.78, 5) is 2.50. The monoisotopic (exact) mass is 359 g/mol. The first-order valence-electron chi connectivity index (χ1n) is 7.96. The largest absolute Gasteiger partial charge is 0.315 e. The van der Waals surface area contributed by atoms with Crippen molar-refractivity contribution in [3.8, 4) is 0 Å². The third-order valence-electron chi connectivity index (χ3n) is 4.58. The Labute approximate surface area is 145 Å². The molecule has 2 fully saturated rings. The Balaban J connectivity index is 0.00000192. The predicted molar refractivity (Wildman–Crippen MR) is 94.4 cm³/mol. The van der Waals surface area contributed by atoms with E-state index in [1.54, 1.807) is 16.4 Å². The summed E-state index contributed by atoms with van der Waals surface area (Å²) in [5, 5.41) is 3.35. The maximum absolute atomic E-state index is 13.0. The topological polar surface area (TPSA) is 52.7 Å². The van der Waals surface area contributed by atoms with E-state index in [-0.39, 0.29) is 24.5 Å². The molecule has 0 aromatic heterocycles. The lowest BCUT2D eigenvalue weighted by Gasteiger charge is -2.27. The maximum atomic E-state index is 13.0. The van der Waals surface area contributed by atoms with Gasteiger partial charge in [-0.1, -0.05) is 12.1 Å². The molecule has 0 spiro atoms. The van der Waals surface area contributed by atoms with Crippen LogP contribution >= 0.6 is 12.4 Å². The molecule has 3 rings (SSSR count). The van der Waals surface area contributed by atoms with Crippen molar-refractivity contribution in [2.45, 2.75) is 42.8 Å². The van der Waals surface area contributed by atoms with Crippen LogP contribution in [0.1, 0.15) is 24.8 Å². The van der Waals surface area contributed by atoms with Gasteiger partial charge in [-0.05, 0) is 57.6 Å². The van der Waals surface area contributed by atoms with Gasteiger partial charge in [0.15, 0.2) is 0 Å². The summed E-state index contributed by atoms with van der Waals surface area (Å²) in [5.74, 6) is 0. The van der Waals surface area contributed by atoms with Gasteiger partial charge in [-0.2, -0.15) is 4.31 Å². The molecule has 0 radical (unpaired) electrons. The number of halogens is 1. The number of rotatable bonds is 4. The van der Waals surface area contributed by atoms with Crippen LogP contribution in [-0.4, -0.2) is 56.9 Å². The lowest BCUT2D eigenvalue weighted by atomic mass is 10.1. The number of sulfonamides is 1. The van der Waals surface area contributed by atoms with E-state index in [0.29, 0.717) is 4.90 Å². The van der Waals surface area contributed by atoms with Crippen LogP contribution in [0.25, 0.3) is 0 Å². The van der Waals surface area contributed by atoms with E-state index in [1.165, 1.54) is 0 Å². The highest BCUT2D eigenvalue weighted by Gasteiger charge is 2.42. The number of hydrogen-bond donors (Lipinski definition) is 1. The summed E-state index contributed by atoms with van der Waals surface area (Å²) in [6.07, 6.45) is 2.87. The molecule has 2 unspecified atom stereocenters. The second kappa shape index (κ2) is 7.49. The van der Waals surface area contributed by atoms with E-state index >= 15 is 0 Å². The average molecular weight is 360 g/mol. The molecule has 23 heavy (non-hydrogen) atoms. The highest BCUT2D eigenvalue weighted by Crippen LogP contribution is 2.33. The minimum Gasteiger partial charge on any atom is -0.315 e. The van der Waals surface area contributed by atoms with Crippen molar-refractivity contribution in [1.82, 2.24) is 14.5 Å². The second-order valence-electron chi connectivity index (χ2n) is 6.59. The highest BCUT2D eigenvalue weighted by atomic mass is 35.5.